The SMILES string of the molecule is Clc1sc(C(Cl)c2csc3ccccc23)cc1Br. The van der Waals surface area contributed by atoms with Crippen LogP contribution in [0.3, 0.4) is 0 Å². The van der Waals surface area contributed by atoms with Crippen LogP contribution >= 0.6 is 61.8 Å². The maximum atomic E-state index is 6.57. The molecule has 0 spiro atoms. The van der Waals surface area contributed by atoms with Gasteiger partial charge in [0.1, 0.15) is 4.34 Å². The maximum Gasteiger partial charge on any atom is 0.107 e. The lowest BCUT2D eigenvalue weighted by Crippen LogP contribution is -1.87. The first-order valence-corrected chi connectivity index (χ1v) is 8.52. The van der Waals surface area contributed by atoms with Crippen LogP contribution in [0.5, 0.6) is 0 Å². The van der Waals surface area contributed by atoms with Crippen molar-refractivity contribution in [2.45, 2.75) is 5.38 Å². The molecule has 92 valence electrons. The zero-order valence-corrected chi connectivity index (χ0v) is 13.7. The summed E-state index contributed by atoms with van der Waals surface area (Å²) in [6.07, 6.45) is 0. The van der Waals surface area contributed by atoms with Gasteiger partial charge in [0, 0.05) is 14.0 Å². The molecule has 0 nitrogen and oxygen atoms in total. The topological polar surface area (TPSA) is 0 Å². The average molecular weight is 378 g/mol. The lowest BCUT2D eigenvalue weighted by atomic mass is 10.1. The van der Waals surface area contributed by atoms with Gasteiger partial charge in [0.05, 0.1) is 5.38 Å². The molecule has 0 saturated carbocycles. The number of halogens is 3. The zero-order valence-electron chi connectivity index (χ0n) is 8.99. The van der Waals surface area contributed by atoms with Crippen LogP contribution in [0.1, 0.15) is 15.8 Å². The maximum absolute atomic E-state index is 6.57. The van der Waals surface area contributed by atoms with E-state index in [2.05, 4.69) is 33.4 Å². The molecule has 1 aromatic carbocycles. The predicted octanol–water partition coefficient (Wildman–Crippen LogP) is 6.71. The number of hydrogen-bond acceptors (Lipinski definition) is 2. The van der Waals surface area contributed by atoms with Crippen molar-refractivity contribution in [3.05, 3.63) is 55.0 Å². The minimum Gasteiger partial charge on any atom is -0.143 e. The minimum absolute atomic E-state index is 0.144. The molecule has 3 aromatic rings. The Labute approximate surface area is 131 Å². The second kappa shape index (κ2) is 5.14. The Bertz CT molecular complexity index is 682. The Morgan fingerprint density at radius 3 is 2.72 bits per heavy atom. The molecule has 0 bridgehead atoms. The first-order valence-electron chi connectivity index (χ1n) is 5.21. The van der Waals surface area contributed by atoms with Gasteiger partial charge < -0.3 is 0 Å². The first-order chi connectivity index (χ1) is 8.66. The highest BCUT2D eigenvalue weighted by Crippen LogP contribution is 2.43. The van der Waals surface area contributed by atoms with E-state index in [4.69, 9.17) is 23.2 Å². The second-order valence-electron chi connectivity index (χ2n) is 3.82. The molecule has 0 radical (unpaired) electrons. The summed E-state index contributed by atoms with van der Waals surface area (Å²) in [5.41, 5.74) is 1.16. The van der Waals surface area contributed by atoms with Crippen LogP contribution in [0.2, 0.25) is 4.34 Å². The highest BCUT2D eigenvalue weighted by molar-refractivity contribution is 9.10. The van der Waals surface area contributed by atoms with Gasteiger partial charge in [0.25, 0.3) is 0 Å². The van der Waals surface area contributed by atoms with Gasteiger partial charge in [-0.1, -0.05) is 29.8 Å². The normalized spacial score (nSPS) is 13.1. The molecule has 1 atom stereocenters. The van der Waals surface area contributed by atoms with E-state index in [-0.39, 0.29) is 5.38 Å². The number of alkyl halides is 1. The summed E-state index contributed by atoms with van der Waals surface area (Å²) < 4.78 is 2.92. The van der Waals surface area contributed by atoms with E-state index in [1.54, 1.807) is 11.3 Å². The van der Waals surface area contributed by atoms with Crippen LogP contribution in [0.25, 0.3) is 10.1 Å². The number of hydrogen-bond donors (Lipinski definition) is 0. The Morgan fingerprint density at radius 2 is 2.00 bits per heavy atom. The van der Waals surface area contributed by atoms with Crippen molar-refractivity contribution in [1.29, 1.82) is 0 Å². The van der Waals surface area contributed by atoms with E-state index in [0.29, 0.717) is 0 Å². The van der Waals surface area contributed by atoms with Crippen LogP contribution in [0.4, 0.5) is 0 Å². The predicted molar refractivity (Wildman–Crippen MR) is 86.6 cm³/mol. The number of fused-ring (bicyclic) bond motifs is 1. The van der Waals surface area contributed by atoms with Crippen molar-refractivity contribution in [2.75, 3.05) is 0 Å². The first kappa shape index (κ1) is 12.9. The smallest absolute Gasteiger partial charge is 0.107 e. The quantitative estimate of drug-likeness (QED) is 0.435. The van der Waals surface area contributed by atoms with Crippen molar-refractivity contribution in [2.24, 2.45) is 0 Å². The molecule has 0 amide bonds. The van der Waals surface area contributed by atoms with Gasteiger partial charge >= 0.3 is 0 Å². The third kappa shape index (κ3) is 2.23. The molecule has 0 aliphatic rings. The standard InChI is InChI=1S/C13H7BrCl2S2/c14-9-5-11(18-13(9)16)12(15)8-6-17-10-4-2-1-3-7(8)10/h1-6,12H. The molecule has 3 rings (SSSR count). The van der Waals surface area contributed by atoms with Crippen molar-refractivity contribution in [3.8, 4) is 0 Å². The van der Waals surface area contributed by atoms with E-state index in [9.17, 15) is 0 Å². The summed E-state index contributed by atoms with van der Waals surface area (Å²) in [6.45, 7) is 0. The number of rotatable bonds is 2. The van der Waals surface area contributed by atoms with E-state index >= 15 is 0 Å². The van der Waals surface area contributed by atoms with Crippen molar-refractivity contribution in [3.63, 3.8) is 0 Å². The number of thiophene rings is 2. The van der Waals surface area contributed by atoms with E-state index < -0.39 is 0 Å². The average Bonchev–Trinajstić information content (AvgIpc) is 2.93. The van der Waals surface area contributed by atoms with Crippen molar-refractivity contribution < 1.29 is 0 Å². The van der Waals surface area contributed by atoms with Gasteiger partial charge in [-0.3, -0.25) is 0 Å². The molecule has 1 unspecified atom stereocenters. The zero-order chi connectivity index (χ0) is 12.7. The Balaban J connectivity index is 2.09. The van der Waals surface area contributed by atoms with Crippen LogP contribution in [0, 0.1) is 0 Å². The van der Waals surface area contributed by atoms with Gasteiger partial charge in [-0.15, -0.1) is 34.3 Å². The summed E-state index contributed by atoms with van der Waals surface area (Å²) in [5.74, 6) is 0. The molecule has 0 aliphatic heterocycles. The third-order valence-corrected chi connectivity index (χ3v) is 6.82. The van der Waals surface area contributed by atoms with Crippen molar-refractivity contribution in [1.82, 2.24) is 0 Å². The van der Waals surface area contributed by atoms with Crippen LogP contribution in [-0.4, -0.2) is 0 Å². The van der Waals surface area contributed by atoms with E-state index in [1.165, 1.54) is 21.4 Å². The second-order valence-corrected chi connectivity index (χ2v) is 7.71. The Morgan fingerprint density at radius 1 is 1.22 bits per heavy atom. The van der Waals surface area contributed by atoms with Crippen molar-refractivity contribution >= 4 is 71.9 Å². The monoisotopic (exact) mass is 376 g/mol. The molecule has 5 heteroatoms. The summed E-state index contributed by atoms with van der Waals surface area (Å²) in [5, 5.41) is 3.21. The highest BCUT2D eigenvalue weighted by Gasteiger charge is 2.18. The van der Waals surface area contributed by atoms with Crippen LogP contribution in [-0.2, 0) is 0 Å². The summed E-state index contributed by atoms with van der Waals surface area (Å²) in [6, 6.07) is 10.3. The van der Waals surface area contributed by atoms with Crippen LogP contribution in [0.15, 0.2) is 40.2 Å². The van der Waals surface area contributed by atoms with Gasteiger partial charge in [0.15, 0.2) is 0 Å². The van der Waals surface area contributed by atoms with Crippen LogP contribution < -0.4 is 0 Å². The molecule has 2 aromatic heterocycles. The third-order valence-electron chi connectivity index (χ3n) is 2.70. The molecule has 2 heterocycles. The lowest BCUT2D eigenvalue weighted by Gasteiger charge is -2.05. The van der Waals surface area contributed by atoms with Gasteiger partial charge in [-0.05, 0) is 44.4 Å². The molecular formula is C13H7BrCl2S2. The summed E-state index contributed by atoms with van der Waals surface area (Å²) in [7, 11) is 0. The molecular weight excluding hydrogens is 371 g/mol. The van der Waals surface area contributed by atoms with E-state index in [1.807, 2.05) is 18.2 Å². The molecule has 0 saturated heterocycles. The van der Waals surface area contributed by atoms with Gasteiger partial charge in [-0.2, -0.15) is 0 Å². The highest BCUT2D eigenvalue weighted by atomic mass is 79.9. The Hall–Kier alpha value is -0.0600. The minimum atomic E-state index is -0.144. The summed E-state index contributed by atoms with van der Waals surface area (Å²) in [4.78, 5) is 1.07. The molecule has 0 fully saturated rings. The fraction of sp³-hybridized carbons (Fsp3) is 0.0769. The molecule has 18 heavy (non-hydrogen) atoms. The number of benzene rings is 1. The van der Waals surface area contributed by atoms with Gasteiger partial charge in [-0.25, -0.2) is 0 Å². The fourth-order valence-electron chi connectivity index (χ4n) is 1.84. The van der Waals surface area contributed by atoms with Gasteiger partial charge in [0.2, 0.25) is 0 Å². The largest absolute Gasteiger partial charge is 0.143 e. The fourth-order valence-corrected chi connectivity index (χ4v) is 5.01. The summed E-state index contributed by atoms with van der Waals surface area (Å²) >= 11 is 19.3. The molecule has 0 aliphatic carbocycles. The lowest BCUT2D eigenvalue weighted by molar-refractivity contribution is 1.22. The molecule has 0 N–H and O–H groups in total. The Kier molecular flexibility index (Phi) is 3.70. The van der Waals surface area contributed by atoms with E-state index in [0.717, 1.165) is 19.2 Å².